The van der Waals surface area contributed by atoms with E-state index in [4.69, 9.17) is 0 Å². The van der Waals surface area contributed by atoms with Gasteiger partial charge in [0.15, 0.2) is 0 Å². The van der Waals surface area contributed by atoms with Crippen LogP contribution in [0, 0.1) is 6.92 Å². The summed E-state index contributed by atoms with van der Waals surface area (Å²) in [5, 5.41) is 22.6. The molecule has 8 heteroatoms. The Hall–Kier alpha value is -2.71. The molecule has 0 spiro atoms. The van der Waals surface area contributed by atoms with Crippen LogP contribution in [0.5, 0.6) is 0 Å². The molecule has 160 valence electrons. The first-order chi connectivity index (χ1) is 14.3. The number of carboxylic acid groups (broad SMARTS) is 2. The van der Waals surface area contributed by atoms with Crippen LogP contribution in [0.4, 0.5) is 5.69 Å². The Labute approximate surface area is 177 Å². The van der Waals surface area contributed by atoms with Crippen molar-refractivity contribution in [2.45, 2.75) is 50.8 Å². The average Bonchev–Trinajstić information content (AvgIpc) is 2.68. The molecule has 1 fully saturated rings. The third-order valence-electron chi connectivity index (χ3n) is 5.45. The predicted octanol–water partition coefficient (Wildman–Crippen LogP) is 4.18. The molecule has 0 saturated heterocycles. The van der Waals surface area contributed by atoms with Gasteiger partial charge in [0.05, 0.1) is 11.1 Å². The van der Waals surface area contributed by atoms with Gasteiger partial charge in [0.1, 0.15) is 0 Å². The van der Waals surface area contributed by atoms with Crippen LogP contribution < -0.4 is 5.32 Å². The van der Waals surface area contributed by atoms with Gasteiger partial charge in [-0.3, -0.25) is 4.21 Å². The van der Waals surface area contributed by atoms with Crippen molar-refractivity contribution in [3.63, 3.8) is 0 Å². The molecule has 0 heterocycles. The first kappa shape index (κ1) is 22.0. The van der Waals surface area contributed by atoms with Crippen LogP contribution >= 0.6 is 0 Å². The van der Waals surface area contributed by atoms with Crippen molar-refractivity contribution in [3.8, 4) is 11.1 Å². The lowest BCUT2D eigenvalue weighted by Crippen LogP contribution is -2.22. The molecule has 7 nitrogen and oxygen atoms in total. The lowest BCUT2D eigenvalue weighted by Gasteiger charge is -2.26. The number of nitrogens with one attached hydrogen (secondary N) is 1. The molecule has 0 amide bonds. The summed E-state index contributed by atoms with van der Waals surface area (Å²) >= 11 is -2.29. The molecule has 2 aromatic rings. The molecule has 1 aliphatic rings. The van der Waals surface area contributed by atoms with Gasteiger partial charge in [-0.1, -0.05) is 36.4 Å². The molecule has 1 atom stereocenters. The third-order valence-corrected chi connectivity index (χ3v) is 6.02. The fourth-order valence-electron chi connectivity index (χ4n) is 3.97. The SMILES string of the molecule is Cc1cc(-c2cc(CS(=O)[O-])ccc2NC2CCCCC2)c(C(=O)O)cc1C(=O)O. The summed E-state index contributed by atoms with van der Waals surface area (Å²) < 4.78 is 22.4. The van der Waals surface area contributed by atoms with Crippen molar-refractivity contribution in [1.82, 2.24) is 0 Å². The molecule has 3 rings (SSSR count). The molecular formula is C22H24NO6S-. The maximum Gasteiger partial charge on any atom is 0.336 e. The van der Waals surface area contributed by atoms with Crippen LogP contribution in [-0.4, -0.2) is 37.0 Å². The van der Waals surface area contributed by atoms with Gasteiger partial charge in [-0.05, 0) is 60.7 Å². The second kappa shape index (κ2) is 9.40. The highest BCUT2D eigenvalue weighted by Crippen LogP contribution is 2.35. The minimum absolute atomic E-state index is 0.0743. The molecule has 3 N–H and O–H groups in total. The highest BCUT2D eigenvalue weighted by molar-refractivity contribution is 7.78. The highest BCUT2D eigenvalue weighted by atomic mass is 32.2. The summed E-state index contributed by atoms with van der Waals surface area (Å²) in [6, 6.07) is 8.12. The largest absolute Gasteiger partial charge is 0.772 e. The lowest BCUT2D eigenvalue weighted by molar-refractivity contribution is 0.0695. The second-order valence-electron chi connectivity index (χ2n) is 7.63. The van der Waals surface area contributed by atoms with Crippen molar-refractivity contribution in [2.24, 2.45) is 0 Å². The summed E-state index contributed by atoms with van der Waals surface area (Å²) in [5.41, 5.74) is 2.39. The number of hydrogen-bond donors (Lipinski definition) is 3. The van der Waals surface area contributed by atoms with Gasteiger partial charge < -0.3 is 20.1 Å². The number of hydrogen-bond acceptors (Lipinski definition) is 5. The molecule has 0 radical (unpaired) electrons. The summed E-state index contributed by atoms with van der Waals surface area (Å²) in [5.74, 6) is -2.63. The van der Waals surface area contributed by atoms with E-state index < -0.39 is 23.0 Å². The zero-order valence-corrected chi connectivity index (χ0v) is 17.5. The number of anilines is 1. The van der Waals surface area contributed by atoms with Gasteiger partial charge in [-0.25, -0.2) is 9.59 Å². The van der Waals surface area contributed by atoms with Gasteiger partial charge in [-0.15, -0.1) is 0 Å². The minimum atomic E-state index is -2.29. The highest BCUT2D eigenvalue weighted by Gasteiger charge is 2.21. The Bertz CT molecular complexity index is 997. The smallest absolute Gasteiger partial charge is 0.336 e. The van der Waals surface area contributed by atoms with Crippen LogP contribution in [0.25, 0.3) is 11.1 Å². The summed E-state index contributed by atoms with van der Waals surface area (Å²) in [7, 11) is 0. The lowest BCUT2D eigenvalue weighted by atomic mass is 9.91. The Morgan fingerprint density at radius 3 is 2.30 bits per heavy atom. The number of benzene rings is 2. The fourth-order valence-corrected chi connectivity index (χ4v) is 4.42. The normalized spacial score (nSPS) is 15.5. The number of carbonyl (C=O) groups is 2. The number of rotatable bonds is 7. The quantitative estimate of drug-likeness (QED) is 0.562. The van der Waals surface area contributed by atoms with E-state index in [-0.39, 0.29) is 22.9 Å². The van der Waals surface area contributed by atoms with Crippen LogP contribution in [0.15, 0.2) is 30.3 Å². The molecule has 1 saturated carbocycles. The van der Waals surface area contributed by atoms with E-state index in [1.165, 1.54) is 6.42 Å². The summed E-state index contributed by atoms with van der Waals surface area (Å²) in [6.45, 7) is 1.61. The van der Waals surface area contributed by atoms with Gasteiger partial charge in [0.2, 0.25) is 0 Å². The van der Waals surface area contributed by atoms with Crippen LogP contribution in [0.1, 0.15) is 63.9 Å². The van der Waals surface area contributed by atoms with Crippen molar-refractivity contribution in [3.05, 3.63) is 52.6 Å². The molecule has 2 aromatic carbocycles. The molecular weight excluding hydrogens is 406 g/mol. The maximum atomic E-state index is 11.9. The van der Waals surface area contributed by atoms with Crippen molar-refractivity contribution >= 4 is 28.7 Å². The maximum absolute atomic E-state index is 11.9. The van der Waals surface area contributed by atoms with E-state index in [1.54, 1.807) is 31.2 Å². The number of aromatic carboxylic acids is 2. The average molecular weight is 431 g/mol. The monoisotopic (exact) mass is 430 g/mol. The summed E-state index contributed by atoms with van der Waals surface area (Å²) in [6.07, 6.45) is 5.45. The van der Waals surface area contributed by atoms with Crippen molar-refractivity contribution in [1.29, 1.82) is 0 Å². The van der Waals surface area contributed by atoms with Crippen LogP contribution in [0.2, 0.25) is 0 Å². The molecule has 0 bridgehead atoms. The van der Waals surface area contributed by atoms with E-state index in [0.717, 1.165) is 31.7 Å². The zero-order chi connectivity index (χ0) is 21.8. The second-order valence-corrected chi connectivity index (χ2v) is 8.53. The zero-order valence-electron chi connectivity index (χ0n) is 16.6. The van der Waals surface area contributed by atoms with Gasteiger partial charge in [0.25, 0.3) is 0 Å². The number of aryl methyl sites for hydroxylation is 1. The van der Waals surface area contributed by atoms with E-state index >= 15 is 0 Å². The Kier molecular flexibility index (Phi) is 6.89. The molecule has 1 aliphatic carbocycles. The van der Waals surface area contributed by atoms with Gasteiger partial charge >= 0.3 is 11.9 Å². The molecule has 30 heavy (non-hydrogen) atoms. The number of carboxylic acids is 2. The predicted molar refractivity (Wildman–Crippen MR) is 114 cm³/mol. The van der Waals surface area contributed by atoms with Gasteiger partial charge in [0, 0.05) is 23.0 Å². The van der Waals surface area contributed by atoms with Crippen LogP contribution in [0.3, 0.4) is 0 Å². The summed E-state index contributed by atoms with van der Waals surface area (Å²) in [4.78, 5) is 23.4. The van der Waals surface area contributed by atoms with E-state index in [1.807, 2.05) is 0 Å². The van der Waals surface area contributed by atoms with E-state index in [9.17, 15) is 28.6 Å². The minimum Gasteiger partial charge on any atom is -0.772 e. The van der Waals surface area contributed by atoms with Gasteiger partial charge in [-0.2, -0.15) is 0 Å². The topological polar surface area (TPSA) is 127 Å². The first-order valence-electron chi connectivity index (χ1n) is 9.83. The molecule has 0 aromatic heterocycles. The van der Waals surface area contributed by atoms with Crippen molar-refractivity contribution in [2.75, 3.05) is 5.32 Å². The van der Waals surface area contributed by atoms with Crippen molar-refractivity contribution < 1.29 is 28.6 Å². The Balaban J connectivity index is 2.15. The Morgan fingerprint density at radius 2 is 1.70 bits per heavy atom. The van der Waals surface area contributed by atoms with Crippen LogP contribution in [-0.2, 0) is 16.8 Å². The fraction of sp³-hybridized carbons (Fsp3) is 0.364. The first-order valence-corrected chi connectivity index (χ1v) is 11.1. The Morgan fingerprint density at radius 1 is 1.03 bits per heavy atom. The molecule has 1 unspecified atom stereocenters. The standard InChI is InChI=1S/C22H25NO6S/c1-13-9-17(19(22(26)27)11-16(13)21(24)25)18-10-14(12-30(28)29)7-8-20(18)23-15-5-3-2-4-6-15/h7-11,15,23H,2-6,12H2,1H3,(H,24,25)(H,26,27)(H,28,29)/p-1. The van der Waals surface area contributed by atoms with E-state index in [2.05, 4.69) is 5.32 Å². The molecule has 0 aliphatic heterocycles. The third kappa shape index (κ3) is 5.06. The van der Waals surface area contributed by atoms with E-state index in [0.29, 0.717) is 27.9 Å².